The maximum atomic E-state index is 11.9. The summed E-state index contributed by atoms with van der Waals surface area (Å²) in [5.41, 5.74) is 0.499. The predicted octanol–water partition coefficient (Wildman–Crippen LogP) is 3.25. The highest BCUT2D eigenvalue weighted by molar-refractivity contribution is 5.81. The van der Waals surface area contributed by atoms with Crippen molar-refractivity contribution >= 4 is 5.78 Å². The molecule has 0 aliphatic rings. The molecule has 0 aromatic heterocycles. The molecule has 6 heteroatoms. The molecule has 0 aliphatic carbocycles. The Morgan fingerprint density at radius 1 is 1.28 bits per heavy atom. The Bertz CT molecular complexity index is 398. The molecule has 1 aromatic rings. The molecule has 0 N–H and O–H groups in total. The summed E-state index contributed by atoms with van der Waals surface area (Å²) in [5, 5.41) is 0. The highest BCUT2D eigenvalue weighted by Crippen LogP contribution is 2.25. The van der Waals surface area contributed by atoms with Gasteiger partial charge in [0.15, 0.2) is 5.78 Å². The van der Waals surface area contributed by atoms with Crippen molar-refractivity contribution < 1.29 is 27.4 Å². The van der Waals surface area contributed by atoms with Crippen LogP contribution in [0.15, 0.2) is 24.3 Å². The molecule has 1 atom stereocenters. The molecule has 0 fully saturated rings. The Hall–Kier alpha value is -1.56. The molecule has 3 nitrogen and oxygen atoms in total. The number of ether oxygens (including phenoxy) is 2. The summed E-state index contributed by atoms with van der Waals surface area (Å²) in [7, 11) is 0. The number of alkyl halides is 3. The second-order valence-corrected chi connectivity index (χ2v) is 3.56. The maximum Gasteiger partial charge on any atom is 0.573 e. The molecule has 1 aromatic carbocycles. The fourth-order valence-electron chi connectivity index (χ4n) is 1.46. The van der Waals surface area contributed by atoms with Gasteiger partial charge < -0.3 is 9.47 Å². The third-order valence-electron chi connectivity index (χ3n) is 2.12. The monoisotopic (exact) mass is 262 g/mol. The molecule has 0 saturated heterocycles. The molecule has 0 bridgehead atoms. The zero-order valence-electron chi connectivity index (χ0n) is 9.95. The zero-order valence-corrected chi connectivity index (χ0v) is 9.95. The normalized spacial score (nSPS) is 13.2. The number of rotatable bonds is 5. The minimum Gasteiger partial charge on any atom is -0.406 e. The van der Waals surface area contributed by atoms with Crippen LogP contribution in [0.3, 0.4) is 0 Å². The largest absolute Gasteiger partial charge is 0.573 e. The summed E-state index contributed by atoms with van der Waals surface area (Å²) in [6.45, 7) is 3.43. The van der Waals surface area contributed by atoms with E-state index in [2.05, 4.69) is 4.74 Å². The van der Waals surface area contributed by atoms with Gasteiger partial charge in [0.05, 0.1) is 0 Å². The fraction of sp³-hybridized carbons (Fsp3) is 0.417. The number of ketones is 1. The Kier molecular flexibility index (Phi) is 4.72. The lowest BCUT2D eigenvalue weighted by Crippen LogP contribution is -2.17. The van der Waals surface area contributed by atoms with Crippen LogP contribution >= 0.6 is 0 Å². The first kappa shape index (κ1) is 14.5. The minimum absolute atomic E-state index is 0.207. The standard InChI is InChI=1S/C12H13F3O3/c1-3-17-11(8(2)16)9-4-6-10(7-5-9)18-12(13,14)15/h4-7,11H,3H2,1-2H3. The average Bonchev–Trinajstić information content (AvgIpc) is 2.25. The zero-order chi connectivity index (χ0) is 13.8. The smallest absolute Gasteiger partial charge is 0.406 e. The lowest BCUT2D eigenvalue weighted by atomic mass is 10.1. The van der Waals surface area contributed by atoms with Gasteiger partial charge in [-0.25, -0.2) is 0 Å². The first-order valence-electron chi connectivity index (χ1n) is 5.31. The van der Waals surface area contributed by atoms with Crippen LogP contribution in [0.5, 0.6) is 5.75 Å². The Morgan fingerprint density at radius 3 is 2.22 bits per heavy atom. The molecule has 0 saturated carbocycles. The maximum absolute atomic E-state index is 11.9. The number of carbonyl (C=O) groups excluding carboxylic acids is 1. The van der Waals surface area contributed by atoms with Crippen LogP contribution in [0.4, 0.5) is 13.2 Å². The molecule has 1 unspecified atom stereocenters. The summed E-state index contributed by atoms with van der Waals surface area (Å²) >= 11 is 0. The second kappa shape index (κ2) is 5.86. The topological polar surface area (TPSA) is 35.5 Å². The summed E-state index contributed by atoms with van der Waals surface area (Å²) in [6, 6.07) is 5.06. The van der Waals surface area contributed by atoms with Crippen molar-refractivity contribution in [3.05, 3.63) is 29.8 Å². The van der Waals surface area contributed by atoms with Crippen LogP contribution in [0, 0.1) is 0 Å². The lowest BCUT2D eigenvalue weighted by molar-refractivity contribution is -0.274. The Labute approximate surface area is 103 Å². The van der Waals surface area contributed by atoms with Gasteiger partial charge in [0, 0.05) is 6.61 Å². The van der Waals surface area contributed by atoms with E-state index in [1.165, 1.54) is 19.1 Å². The van der Waals surface area contributed by atoms with Crippen molar-refractivity contribution in [2.75, 3.05) is 6.61 Å². The van der Waals surface area contributed by atoms with E-state index < -0.39 is 12.5 Å². The van der Waals surface area contributed by atoms with Crippen LogP contribution in [0.2, 0.25) is 0 Å². The molecule has 0 spiro atoms. The molecule has 0 radical (unpaired) electrons. The number of hydrogen-bond donors (Lipinski definition) is 0. The van der Waals surface area contributed by atoms with Crippen molar-refractivity contribution in [3.63, 3.8) is 0 Å². The predicted molar refractivity (Wildman–Crippen MR) is 58.2 cm³/mol. The number of benzene rings is 1. The highest BCUT2D eigenvalue weighted by atomic mass is 19.4. The van der Waals surface area contributed by atoms with Gasteiger partial charge in [0.1, 0.15) is 11.9 Å². The van der Waals surface area contributed by atoms with Gasteiger partial charge in [-0.3, -0.25) is 4.79 Å². The SMILES string of the molecule is CCOC(C(C)=O)c1ccc(OC(F)(F)F)cc1. The van der Waals surface area contributed by atoms with Crippen molar-refractivity contribution in [1.82, 2.24) is 0 Å². The molecular weight excluding hydrogens is 249 g/mol. The minimum atomic E-state index is -4.72. The molecule has 100 valence electrons. The van der Waals surface area contributed by atoms with E-state index in [4.69, 9.17) is 4.74 Å². The van der Waals surface area contributed by atoms with E-state index in [-0.39, 0.29) is 11.5 Å². The van der Waals surface area contributed by atoms with Gasteiger partial charge in [-0.15, -0.1) is 13.2 Å². The number of carbonyl (C=O) groups is 1. The first-order chi connectivity index (χ1) is 8.33. The summed E-state index contributed by atoms with van der Waals surface area (Å²) in [5.74, 6) is -0.536. The quantitative estimate of drug-likeness (QED) is 0.817. The molecule has 0 aliphatic heterocycles. The van der Waals surface area contributed by atoms with E-state index in [1.54, 1.807) is 6.92 Å². The molecule has 18 heavy (non-hydrogen) atoms. The number of Topliss-reactive ketones (excluding diaryl/α,β-unsaturated/α-hetero) is 1. The van der Waals surface area contributed by atoms with Gasteiger partial charge in [-0.1, -0.05) is 12.1 Å². The number of halogens is 3. The molecule has 0 heterocycles. The Balaban J connectivity index is 2.83. The van der Waals surface area contributed by atoms with E-state index in [0.717, 1.165) is 12.1 Å². The van der Waals surface area contributed by atoms with Gasteiger partial charge in [-0.05, 0) is 31.5 Å². The summed E-state index contributed by atoms with van der Waals surface area (Å²) in [4.78, 5) is 11.3. The van der Waals surface area contributed by atoms with E-state index >= 15 is 0 Å². The molecule has 0 amide bonds. The third kappa shape index (κ3) is 4.37. The van der Waals surface area contributed by atoms with Crippen LogP contribution in [-0.4, -0.2) is 18.8 Å². The van der Waals surface area contributed by atoms with Gasteiger partial charge in [-0.2, -0.15) is 0 Å². The van der Waals surface area contributed by atoms with Crippen molar-refractivity contribution in [3.8, 4) is 5.75 Å². The van der Waals surface area contributed by atoms with Crippen molar-refractivity contribution in [1.29, 1.82) is 0 Å². The van der Waals surface area contributed by atoms with E-state index in [1.807, 2.05) is 0 Å². The van der Waals surface area contributed by atoms with Crippen LogP contribution in [0.25, 0.3) is 0 Å². The first-order valence-corrected chi connectivity index (χ1v) is 5.31. The fourth-order valence-corrected chi connectivity index (χ4v) is 1.46. The van der Waals surface area contributed by atoms with E-state index in [9.17, 15) is 18.0 Å². The number of hydrogen-bond acceptors (Lipinski definition) is 3. The summed E-state index contributed by atoms with van der Waals surface area (Å²) < 4.78 is 44.8. The van der Waals surface area contributed by atoms with Gasteiger partial charge in [0.2, 0.25) is 0 Å². The lowest BCUT2D eigenvalue weighted by Gasteiger charge is -2.15. The van der Waals surface area contributed by atoms with Crippen LogP contribution < -0.4 is 4.74 Å². The van der Waals surface area contributed by atoms with Crippen LogP contribution in [0.1, 0.15) is 25.5 Å². The van der Waals surface area contributed by atoms with Crippen molar-refractivity contribution in [2.45, 2.75) is 26.3 Å². The van der Waals surface area contributed by atoms with Crippen molar-refractivity contribution in [2.24, 2.45) is 0 Å². The molecule has 1 rings (SSSR count). The summed E-state index contributed by atoms with van der Waals surface area (Å²) in [6.07, 6.45) is -5.48. The van der Waals surface area contributed by atoms with Gasteiger partial charge >= 0.3 is 6.36 Å². The highest BCUT2D eigenvalue weighted by Gasteiger charge is 2.31. The average molecular weight is 262 g/mol. The molecular formula is C12H13F3O3. The van der Waals surface area contributed by atoms with Gasteiger partial charge in [0.25, 0.3) is 0 Å². The van der Waals surface area contributed by atoms with E-state index in [0.29, 0.717) is 12.2 Å². The van der Waals surface area contributed by atoms with Crippen LogP contribution in [-0.2, 0) is 9.53 Å². The third-order valence-corrected chi connectivity index (χ3v) is 2.12. The Morgan fingerprint density at radius 2 is 1.83 bits per heavy atom. The second-order valence-electron chi connectivity index (χ2n) is 3.56.